The third-order valence-electron chi connectivity index (χ3n) is 6.19. The van der Waals surface area contributed by atoms with E-state index in [-0.39, 0.29) is 0 Å². The van der Waals surface area contributed by atoms with Crippen LogP contribution in [-0.2, 0) is 5.60 Å². The Morgan fingerprint density at radius 3 is 1.96 bits per heavy atom. The molecule has 23 heavy (non-hydrogen) atoms. The Labute approximate surface area is 142 Å². The molecule has 128 valence electrons. The summed E-state index contributed by atoms with van der Waals surface area (Å²) in [6.07, 6.45) is 17.2. The van der Waals surface area contributed by atoms with E-state index < -0.39 is 5.60 Å². The molecular formula is C22H34O. The minimum atomic E-state index is -0.563. The Hall–Kier alpha value is -0.820. The van der Waals surface area contributed by atoms with Crippen molar-refractivity contribution >= 4 is 0 Å². The average Bonchev–Trinajstić information content (AvgIpc) is 3.36. The zero-order chi connectivity index (χ0) is 16.0. The first-order valence-electron chi connectivity index (χ1n) is 10.1. The van der Waals surface area contributed by atoms with Gasteiger partial charge in [0.05, 0.1) is 5.60 Å². The first-order chi connectivity index (χ1) is 11.3. The summed E-state index contributed by atoms with van der Waals surface area (Å²) in [5.41, 5.74) is 0.600. The molecule has 3 atom stereocenters. The highest BCUT2D eigenvalue weighted by atomic mass is 16.3. The van der Waals surface area contributed by atoms with E-state index in [2.05, 4.69) is 30.3 Å². The summed E-state index contributed by atoms with van der Waals surface area (Å²) in [5.74, 6) is 1.28. The lowest BCUT2D eigenvalue weighted by molar-refractivity contribution is -0.00410. The molecule has 0 saturated heterocycles. The van der Waals surface area contributed by atoms with Gasteiger partial charge in [-0.2, -0.15) is 0 Å². The lowest BCUT2D eigenvalue weighted by Gasteiger charge is -2.30. The Balaban J connectivity index is 1.66. The number of hydrogen-bond donors (Lipinski definition) is 1. The second-order valence-electron chi connectivity index (χ2n) is 7.97. The van der Waals surface area contributed by atoms with Crippen LogP contribution in [0, 0.1) is 11.8 Å². The first-order valence-corrected chi connectivity index (χ1v) is 10.1. The van der Waals surface area contributed by atoms with Gasteiger partial charge in [-0.15, -0.1) is 0 Å². The molecule has 0 heterocycles. The molecule has 0 aromatic heterocycles. The van der Waals surface area contributed by atoms with Crippen LogP contribution < -0.4 is 0 Å². The summed E-state index contributed by atoms with van der Waals surface area (Å²) in [5, 5.41) is 11.5. The van der Waals surface area contributed by atoms with Crippen LogP contribution in [-0.4, -0.2) is 5.11 Å². The molecule has 2 aliphatic carbocycles. The molecule has 1 nitrogen and oxygen atoms in total. The van der Waals surface area contributed by atoms with Gasteiger partial charge in [0.1, 0.15) is 0 Å². The highest BCUT2D eigenvalue weighted by Crippen LogP contribution is 2.55. The van der Waals surface area contributed by atoms with Crippen LogP contribution in [0.15, 0.2) is 30.3 Å². The van der Waals surface area contributed by atoms with Crippen molar-refractivity contribution in [2.75, 3.05) is 0 Å². The highest BCUT2D eigenvalue weighted by molar-refractivity contribution is 5.25. The van der Waals surface area contributed by atoms with E-state index in [0.717, 1.165) is 17.9 Å². The van der Waals surface area contributed by atoms with Crippen LogP contribution in [0.2, 0.25) is 0 Å². The van der Waals surface area contributed by atoms with Crippen molar-refractivity contribution < 1.29 is 5.11 Å². The third kappa shape index (κ3) is 4.59. The monoisotopic (exact) mass is 314 g/mol. The van der Waals surface area contributed by atoms with E-state index in [9.17, 15) is 5.11 Å². The highest BCUT2D eigenvalue weighted by Gasteiger charge is 2.51. The summed E-state index contributed by atoms with van der Waals surface area (Å²) in [4.78, 5) is 0. The summed E-state index contributed by atoms with van der Waals surface area (Å²) in [6, 6.07) is 10.5. The molecule has 0 radical (unpaired) electrons. The van der Waals surface area contributed by atoms with Crippen LogP contribution >= 0.6 is 0 Å². The Morgan fingerprint density at radius 2 is 1.30 bits per heavy atom. The SMILES string of the molecule is O[C@]1(c2ccccc2)CCCCCCCCCCCC[C@@H]2C[C@@H]21. The van der Waals surface area contributed by atoms with Crippen molar-refractivity contribution in [2.24, 2.45) is 11.8 Å². The minimum absolute atomic E-state index is 0.509. The number of aliphatic hydroxyl groups is 1. The molecule has 3 rings (SSSR count). The van der Waals surface area contributed by atoms with E-state index in [4.69, 9.17) is 0 Å². The molecule has 1 N–H and O–H groups in total. The predicted octanol–water partition coefficient (Wildman–Crippen LogP) is 6.21. The molecule has 1 aromatic carbocycles. The van der Waals surface area contributed by atoms with Crippen molar-refractivity contribution in [2.45, 2.75) is 89.1 Å². The van der Waals surface area contributed by atoms with Crippen LogP contribution in [0.25, 0.3) is 0 Å². The number of hydrogen-bond acceptors (Lipinski definition) is 1. The quantitative estimate of drug-likeness (QED) is 0.653. The molecule has 0 amide bonds. The zero-order valence-corrected chi connectivity index (χ0v) is 14.7. The van der Waals surface area contributed by atoms with Gasteiger partial charge in [-0.25, -0.2) is 0 Å². The molecule has 2 aliphatic rings. The van der Waals surface area contributed by atoms with Crippen molar-refractivity contribution in [1.29, 1.82) is 0 Å². The van der Waals surface area contributed by atoms with Gasteiger partial charge in [0.25, 0.3) is 0 Å². The molecule has 0 aliphatic heterocycles. The molecule has 2 saturated carbocycles. The van der Waals surface area contributed by atoms with Gasteiger partial charge in [-0.3, -0.25) is 0 Å². The van der Waals surface area contributed by atoms with E-state index in [0.29, 0.717) is 5.92 Å². The second-order valence-corrected chi connectivity index (χ2v) is 7.97. The maximum Gasteiger partial charge on any atom is 0.0927 e. The standard InChI is InChI=1S/C22H34O/c23-22(20-15-11-9-12-16-20)17-13-8-6-4-2-1-3-5-7-10-14-19-18-21(19)22/h9,11-12,15-16,19,21,23H,1-8,10,13-14,17-18H2/t19-,21+,22+/m1/s1. The van der Waals surface area contributed by atoms with Crippen molar-refractivity contribution in [3.05, 3.63) is 35.9 Å². The van der Waals surface area contributed by atoms with E-state index in [1.807, 2.05) is 0 Å². The first kappa shape index (κ1) is 17.0. The van der Waals surface area contributed by atoms with E-state index in [1.165, 1.54) is 77.0 Å². The summed E-state index contributed by atoms with van der Waals surface area (Å²) in [6.45, 7) is 0. The molecule has 0 bridgehead atoms. The summed E-state index contributed by atoms with van der Waals surface area (Å²) < 4.78 is 0. The number of rotatable bonds is 1. The van der Waals surface area contributed by atoms with Crippen LogP contribution in [0.1, 0.15) is 89.0 Å². The lowest BCUT2D eigenvalue weighted by Crippen LogP contribution is -2.29. The maximum absolute atomic E-state index is 11.5. The maximum atomic E-state index is 11.5. The van der Waals surface area contributed by atoms with Crippen molar-refractivity contribution in [3.8, 4) is 0 Å². The van der Waals surface area contributed by atoms with E-state index >= 15 is 0 Å². The largest absolute Gasteiger partial charge is 0.385 e. The Morgan fingerprint density at radius 1 is 0.739 bits per heavy atom. The number of fused-ring (bicyclic) bond motifs is 1. The summed E-state index contributed by atoms with van der Waals surface area (Å²) >= 11 is 0. The smallest absolute Gasteiger partial charge is 0.0927 e. The van der Waals surface area contributed by atoms with Crippen LogP contribution in [0.3, 0.4) is 0 Å². The van der Waals surface area contributed by atoms with Crippen LogP contribution in [0.4, 0.5) is 0 Å². The fourth-order valence-electron chi connectivity index (χ4n) is 4.64. The lowest BCUT2D eigenvalue weighted by atomic mass is 9.82. The summed E-state index contributed by atoms with van der Waals surface area (Å²) in [7, 11) is 0. The topological polar surface area (TPSA) is 20.2 Å². The van der Waals surface area contributed by atoms with Gasteiger partial charge in [0.2, 0.25) is 0 Å². The molecule has 1 heteroatoms. The van der Waals surface area contributed by atoms with Gasteiger partial charge < -0.3 is 5.11 Å². The van der Waals surface area contributed by atoms with Gasteiger partial charge in [-0.1, -0.05) is 101 Å². The fourth-order valence-corrected chi connectivity index (χ4v) is 4.64. The van der Waals surface area contributed by atoms with Gasteiger partial charge in [-0.05, 0) is 30.2 Å². The third-order valence-corrected chi connectivity index (χ3v) is 6.19. The Kier molecular flexibility index (Phi) is 6.16. The van der Waals surface area contributed by atoms with Gasteiger partial charge >= 0.3 is 0 Å². The Bertz CT molecular complexity index is 454. The van der Waals surface area contributed by atoms with Crippen LogP contribution in [0.5, 0.6) is 0 Å². The second kappa shape index (κ2) is 8.33. The molecule has 2 fully saturated rings. The normalized spacial score (nSPS) is 34.0. The molecular weight excluding hydrogens is 280 g/mol. The number of benzene rings is 1. The fraction of sp³-hybridized carbons (Fsp3) is 0.727. The predicted molar refractivity (Wildman–Crippen MR) is 97.3 cm³/mol. The zero-order valence-electron chi connectivity index (χ0n) is 14.7. The van der Waals surface area contributed by atoms with Gasteiger partial charge in [0.15, 0.2) is 0 Å². The molecule has 0 spiro atoms. The van der Waals surface area contributed by atoms with E-state index in [1.54, 1.807) is 0 Å². The molecule has 1 aromatic rings. The average molecular weight is 315 g/mol. The minimum Gasteiger partial charge on any atom is -0.385 e. The van der Waals surface area contributed by atoms with Crippen molar-refractivity contribution in [3.63, 3.8) is 0 Å². The van der Waals surface area contributed by atoms with Crippen molar-refractivity contribution in [1.82, 2.24) is 0 Å². The molecule has 0 unspecified atom stereocenters. The van der Waals surface area contributed by atoms with Gasteiger partial charge in [0, 0.05) is 0 Å².